The number of aryl methyl sites for hydroxylation is 1. The van der Waals surface area contributed by atoms with Gasteiger partial charge in [-0.1, -0.05) is 32.9 Å². The molecular weight excluding hydrogens is 340 g/mol. The molecule has 2 N–H and O–H groups in total. The van der Waals surface area contributed by atoms with E-state index in [-0.39, 0.29) is 18.1 Å². The second kappa shape index (κ2) is 9.40. The van der Waals surface area contributed by atoms with Crippen LogP contribution >= 0.6 is 0 Å². The maximum absolute atomic E-state index is 10.2. The van der Waals surface area contributed by atoms with Gasteiger partial charge in [0.1, 0.15) is 24.2 Å². The normalized spacial score (nSPS) is 14.4. The van der Waals surface area contributed by atoms with Gasteiger partial charge in [-0.2, -0.15) is 0 Å². The number of aliphatic hydroxyl groups is 1. The zero-order chi connectivity index (χ0) is 20.0. The highest BCUT2D eigenvalue weighted by molar-refractivity contribution is 5.38. The first-order valence-electron chi connectivity index (χ1n) is 9.51. The lowest BCUT2D eigenvalue weighted by molar-refractivity contribution is 0.103. The van der Waals surface area contributed by atoms with Crippen LogP contribution < -0.4 is 10.1 Å². The minimum absolute atomic E-state index is 0.115. The molecule has 1 aromatic carbocycles. The van der Waals surface area contributed by atoms with Crippen LogP contribution in [-0.2, 0) is 5.41 Å². The Labute approximate surface area is 163 Å². The lowest BCUT2D eigenvalue weighted by atomic mass is 9.86. The van der Waals surface area contributed by atoms with Crippen LogP contribution in [0.4, 0.5) is 0 Å². The average molecular weight is 375 g/mol. The van der Waals surface area contributed by atoms with Gasteiger partial charge in [0, 0.05) is 13.1 Å². The molecule has 2 atom stereocenters. The minimum atomic E-state index is -0.578. The number of nitrogens with one attached hydrogen (secondary N) is 1. The van der Waals surface area contributed by atoms with Crippen molar-refractivity contribution >= 4 is 0 Å². The summed E-state index contributed by atoms with van der Waals surface area (Å²) >= 11 is 0. The maximum Gasteiger partial charge on any atom is 0.122 e. The molecule has 1 aromatic heterocycles. The summed E-state index contributed by atoms with van der Waals surface area (Å²) < 4.78 is 11.3. The van der Waals surface area contributed by atoms with Crippen LogP contribution in [0.5, 0.6) is 5.75 Å². The van der Waals surface area contributed by atoms with Crippen molar-refractivity contribution in [2.24, 2.45) is 0 Å². The molecule has 0 radical (unpaired) electrons. The summed E-state index contributed by atoms with van der Waals surface area (Å²) in [5, 5.41) is 13.5. The molecular formula is C22H34N2O3. The highest BCUT2D eigenvalue weighted by atomic mass is 16.5. The first-order chi connectivity index (χ1) is 12.7. The van der Waals surface area contributed by atoms with E-state index in [4.69, 9.17) is 9.15 Å². The Morgan fingerprint density at radius 3 is 2.48 bits per heavy atom. The van der Waals surface area contributed by atoms with Crippen molar-refractivity contribution in [3.8, 4) is 5.75 Å². The van der Waals surface area contributed by atoms with E-state index in [0.29, 0.717) is 13.1 Å². The predicted molar refractivity (Wildman–Crippen MR) is 109 cm³/mol. The SMILES string of the molecule is Cc1cc(C(C)(C)C)ccc1OCC(O)CNCC(c1ccco1)N(C)C. The van der Waals surface area contributed by atoms with E-state index >= 15 is 0 Å². The van der Waals surface area contributed by atoms with Crippen molar-refractivity contribution in [3.05, 3.63) is 53.5 Å². The molecule has 0 bridgehead atoms. The van der Waals surface area contributed by atoms with Crippen LogP contribution in [0, 0.1) is 6.92 Å². The van der Waals surface area contributed by atoms with Gasteiger partial charge in [0.2, 0.25) is 0 Å². The van der Waals surface area contributed by atoms with Gasteiger partial charge in [0.05, 0.1) is 12.3 Å². The molecule has 2 rings (SSSR count). The number of hydrogen-bond acceptors (Lipinski definition) is 5. The molecule has 0 aliphatic heterocycles. The van der Waals surface area contributed by atoms with Crippen LogP contribution in [-0.4, -0.2) is 49.9 Å². The van der Waals surface area contributed by atoms with Gasteiger partial charge in [-0.25, -0.2) is 0 Å². The van der Waals surface area contributed by atoms with Crippen molar-refractivity contribution < 1.29 is 14.3 Å². The van der Waals surface area contributed by atoms with Crippen LogP contribution in [0.2, 0.25) is 0 Å². The van der Waals surface area contributed by atoms with Crippen LogP contribution in [0.15, 0.2) is 41.0 Å². The third-order valence-corrected chi connectivity index (χ3v) is 4.68. The summed E-state index contributed by atoms with van der Waals surface area (Å²) in [6, 6.07) is 10.2. The van der Waals surface area contributed by atoms with E-state index < -0.39 is 6.10 Å². The molecule has 5 nitrogen and oxygen atoms in total. The summed E-state index contributed by atoms with van der Waals surface area (Å²) in [4.78, 5) is 2.09. The largest absolute Gasteiger partial charge is 0.491 e. The smallest absolute Gasteiger partial charge is 0.122 e. The predicted octanol–water partition coefficient (Wildman–Crippen LogP) is 3.52. The van der Waals surface area contributed by atoms with Crippen molar-refractivity contribution in [1.29, 1.82) is 0 Å². The van der Waals surface area contributed by atoms with Gasteiger partial charge in [-0.3, -0.25) is 4.90 Å². The van der Waals surface area contributed by atoms with Crippen molar-refractivity contribution in [3.63, 3.8) is 0 Å². The number of hydrogen-bond donors (Lipinski definition) is 2. The molecule has 27 heavy (non-hydrogen) atoms. The molecule has 0 saturated heterocycles. The molecule has 0 aliphatic rings. The van der Waals surface area contributed by atoms with Gasteiger partial charge < -0.3 is 19.6 Å². The fourth-order valence-electron chi connectivity index (χ4n) is 2.93. The number of likely N-dealkylation sites (N-methyl/N-ethyl adjacent to an activating group) is 1. The number of benzene rings is 1. The average Bonchev–Trinajstić information content (AvgIpc) is 3.10. The second-order valence-corrected chi connectivity index (χ2v) is 8.35. The summed E-state index contributed by atoms with van der Waals surface area (Å²) in [6.07, 6.45) is 1.10. The summed E-state index contributed by atoms with van der Waals surface area (Å²) in [6.45, 7) is 10.0. The van der Waals surface area contributed by atoms with Crippen LogP contribution in [0.3, 0.4) is 0 Å². The third kappa shape index (κ3) is 6.38. The van der Waals surface area contributed by atoms with E-state index in [1.165, 1.54) is 5.56 Å². The van der Waals surface area contributed by atoms with Crippen molar-refractivity contribution in [2.75, 3.05) is 33.8 Å². The Kier molecular flexibility index (Phi) is 7.48. The Balaban J connectivity index is 1.80. The molecule has 1 heterocycles. The van der Waals surface area contributed by atoms with E-state index in [1.54, 1.807) is 6.26 Å². The van der Waals surface area contributed by atoms with Crippen LogP contribution in [0.1, 0.15) is 43.7 Å². The zero-order valence-corrected chi connectivity index (χ0v) is 17.5. The Bertz CT molecular complexity index is 690. The Morgan fingerprint density at radius 2 is 1.93 bits per heavy atom. The van der Waals surface area contributed by atoms with Gasteiger partial charge in [-0.05, 0) is 55.8 Å². The molecule has 0 fully saturated rings. The van der Waals surface area contributed by atoms with Crippen molar-refractivity contribution in [2.45, 2.75) is 45.3 Å². The number of furan rings is 1. The fourth-order valence-corrected chi connectivity index (χ4v) is 2.93. The molecule has 2 unspecified atom stereocenters. The number of aliphatic hydroxyl groups excluding tert-OH is 1. The molecule has 2 aromatic rings. The van der Waals surface area contributed by atoms with Crippen molar-refractivity contribution in [1.82, 2.24) is 10.2 Å². The van der Waals surface area contributed by atoms with Gasteiger partial charge >= 0.3 is 0 Å². The molecule has 5 heteroatoms. The zero-order valence-electron chi connectivity index (χ0n) is 17.5. The summed E-state index contributed by atoms with van der Waals surface area (Å²) in [5.41, 5.74) is 2.49. The van der Waals surface area contributed by atoms with Gasteiger partial charge in [0.25, 0.3) is 0 Å². The highest BCUT2D eigenvalue weighted by Crippen LogP contribution is 2.27. The Morgan fingerprint density at radius 1 is 1.19 bits per heavy atom. The molecule has 0 spiro atoms. The van der Waals surface area contributed by atoms with E-state index in [9.17, 15) is 5.11 Å². The van der Waals surface area contributed by atoms with Gasteiger partial charge in [-0.15, -0.1) is 0 Å². The second-order valence-electron chi connectivity index (χ2n) is 8.35. The lowest BCUT2D eigenvalue weighted by Gasteiger charge is -2.23. The van der Waals surface area contributed by atoms with E-state index in [2.05, 4.69) is 43.1 Å². The molecule has 0 saturated carbocycles. The minimum Gasteiger partial charge on any atom is -0.491 e. The first kappa shape index (κ1) is 21.5. The molecule has 150 valence electrons. The number of rotatable bonds is 9. The summed E-state index contributed by atoms with van der Waals surface area (Å²) in [5.74, 6) is 1.73. The van der Waals surface area contributed by atoms with E-state index in [0.717, 1.165) is 17.1 Å². The third-order valence-electron chi connectivity index (χ3n) is 4.68. The standard InChI is InChI=1S/C22H34N2O3/c1-16-12-17(22(2,3)4)9-10-20(16)27-15-18(25)13-23-14-19(24(5)6)21-8-7-11-26-21/h7-12,18-19,23,25H,13-15H2,1-6H3. The lowest BCUT2D eigenvalue weighted by Crippen LogP contribution is -2.37. The Hall–Kier alpha value is -1.82. The highest BCUT2D eigenvalue weighted by Gasteiger charge is 2.18. The molecule has 0 amide bonds. The quantitative estimate of drug-likeness (QED) is 0.703. The fraction of sp³-hybridized carbons (Fsp3) is 0.545. The summed E-state index contributed by atoms with van der Waals surface area (Å²) in [7, 11) is 4.02. The van der Waals surface area contributed by atoms with Gasteiger partial charge in [0.15, 0.2) is 0 Å². The number of ether oxygens (including phenoxy) is 1. The van der Waals surface area contributed by atoms with E-state index in [1.807, 2.05) is 39.2 Å². The number of nitrogens with zero attached hydrogens (tertiary/aromatic N) is 1. The topological polar surface area (TPSA) is 57.9 Å². The monoisotopic (exact) mass is 374 g/mol. The maximum atomic E-state index is 10.2. The van der Waals surface area contributed by atoms with Crippen LogP contribution in [0.25, 0.3) is 0 Å². The molecule has 0 aliphatic carbocycles. The first-order valence-corrected chi connectivity index (χ1v) is 9.51.